The van der Waals surface area contributed by atoms with Crippen LogP contribution in [0, 0.1) is 0 Å². The van der Waals surface area contributed by atoms with Crippen molar-refractivity contribution in [3.8, 4) is 0 Å². The van der Waals surface area contributed by atoms with Crippen LogP contribution in [-0.4, -0.2) is 26.3 Å². The van der Waals surface area contributed by atoms with E-state index in [0.29, 0.717) is 0 Å². The predicted molar refractivity (Wildman–Crippen MR) is 53.1 cm³/mol. The zero-order valence-electron chi connectivity index (χ0n) is 8.44. The predicted octanol–water partition coefficient (Wildman–Crippen LogP) is 2.29. The van der Waals surface area contributed by atoms with E-state index in [-0.39, 0.29) is 1.43 Å². The van der Waals surface area contributed by atoms with Crippen molar-refractivity contribution in [2.24, 2.45) is 0 Å². The topological polar surface area (TPSA) is 21.3 Å². The molecule has 0 aliphatic carbocycles. The van der Waals surface area contributed by atoms with Crippen LogP contribution < -0.4 is 5.32 Å². The lowest BCUT2D eigenvalue weighted by Crippen LogP contribution is -2.18. The summed E-state index contributed by atoms with van der Waals surface area (Å²) in [6, 6.07) is 0. The van der Waals surface area contributed by atoms with Crippen LogP contribution in [0.5, 0.6) is 0 Å². The molecule has 72 valence electrons. The van der Waals surface area contributed by atoms with Gasteiger partial charge in [0.15, 0.2) is 0 Å². The largest absolute Gasteiger partial charge is 0.380 e. The van der Waals surface area contributed by atoms with Crippen molar-refractivity contribution in [2.45, 2.75) is 34.1 Å². The molecular formula is C9H25NO. The van der Waals surface area contributed by atoms with Crippen molar-refractivity contribution in [1.82, 2.24) is 5.32 Å². The first-order valence-electron chi connectivity index (χ1n) is 4.70. The Hall–Kier alpha value is -0.0800. The molecule has 0 aromatic rings. The Kier molecular flexibility index (Phi) is 20.2. The van der Waals surface area contributed by atoms with E-state index in [1.165, 1.54) is 0 Å². The molecule has 2 nitrogen and oxygen atoms in total. The first kappa shape index (κ1) is 13.5. The maximum Gasteiger partial charge on any atom is 0.0590 e. The van der Waals surface area contributed by atoms with Crippen LogP contribution in [0.25, 0.3) is 0 Å². The van der Waals surface area contributed by atoms with Crippen LogP contribution >= 0.6 is 0 Å². The van der Waals surface area contributed by atoms with Crippen LogP contribution in [0.15, 0.2) is 0 Å². The highest BCUT2D eigenvalue weighted by molar-refractivity contribution is 4.39. The summed E-state index contributed by atoms with van der Waals surface area (Å²) in [6.45, 7) is 12.0. The van der Waals surface area contributed by atoms with Crippen molar-refractivity contribution in [3.05, 3.63) is 0 Å². The normalized spacial score (nSPS) is 8.73. The summed E-state index contributed by atoms with van der Waals surface area (Å²) in [5.74, 6) is 0. The average Bonchev–Trinajstić information content (AvgIpc) is 2.08. The molecule has 0 aliphatic rings. The third-order valence-electron chi connectivity index (χ3n) is 1.02. The Bertz CT molecular complexity index is 47.8. The Morgan fingerprint density at radius 1 is 1.18 bits per heavy atom. The molecule has 0 aromatic heterocycles. The fraction of sp³-hybridized carbons (Fsp3) is 1.00. The van der Waals surface area contributed by atoms with Gasteiger partial charge in [-0.1, -0.05) is 27.7 Å². The van der Waals surface area contributed by atoms with Gasteiger partial charge in [-0.25, -0.2) is 0 Å². The summed E-state index contributed by atoms with van der Waals surface area (Å²) >= 11 is 0. The molecule has 0 atom stereocenters. The zero-order chi connectivity index (χ0) is 8.95. The first-order chi connectivity index (χ1) is 5.41. The van der Waals surface area contributed by atoms with Crippen LogP contribution in [0.4, 0.5) is 0 Å². The number of hydrogen-bond acceptors (Lipinski definition) is 2. The SMILES string of the molecule is CC.CCCOCCNCC.[HH]. The summed E-state index contributed by atoms with van der Waals surface area (Å²) < 4.78 is 5.22. The lowest BCUT2D eigenvalue weighted by Gasteiger charge is -2.01. The molecule has 1 N–H and O–H groups in total. The second-order valence-electron chi connectivity index (χ2n) is 1.97. The molecule has 0 amide bonds. The zero-order valence-corrected chi connectivity index (χ0v) is 8.44. The third-order valence-corrected chi connectivity index (χ3v) is 1.02. The van der Waals surface area contributed by atoms with Gasteiger partial charge in [0.1, 0.15) is 0 Å². The standard InChI is InChI=1S/C7H17NO.C2H6.H2/c1-3-6-9-7-5-8-4-2;1-2;/h8H,3-7H2,1-2H3;1-2H3;1H. The number of rotatable bonds is 6. The van der Waals surface area contributed by atoms with Crippen molar-refractivity contribution >= 4 is 0 Å². The number of nitrogens with one attached hydrogen (secondary N) is 1. The molecule has 0 spiro atoms. The van der Waals surface area contributed by atoms with Gasteiger partial charge >= 0.3 is 0 Å². The van der Waals surface area contributed by atoms with E-state index < -0.39 is 0 Å². The summed E-state index contributed by atoms with van der Waals surface area (Å²) in [4.78, 5) is 0. The quantitative estimate of drug-likeness (QED) is 0.607. The first-order valence-corrected chi connectivity index (χ1v) is 4.70. The van der Waals surface area contributed by atoms with Gasteiger partial charge in [-0.2, -0.15) is 0 Å². The van der Waals surface area contributed by atoms with Crippen molar-refractivity contribution in [2.75, 3.05) is 26.3 Å². The van der Waals surface area contributed by atoms with Gasteiger partial charge in [0.05, 0.1) is 6.61 Å². The lowest BCUT2D eigenvalue weighted by atomic mass is 10.5. The number of hydrogen-bond donors (Lipinski definition) is 1. The summed E-state index contributed by atoms with van der Waals surface area (Å²) in [5, 5.41) is 3.18. The minimum atomic E-state index is 0. The van der Waals surface area contributed by atoms with Gasteiger partial charge in [-0.3, -0.25) is 0 Å². The third kappa shape index (κ3) is 17.8. The van der Waals surface area contributed by atoms with Gasteiger partial charge in [-0.05, 0) is 13.0 Å². The molecule has 2 heteroatoms. The fourth-order valence-electron chi connectivity index (χ4n) is 0.568. The second-order valence-corrected chi connectivity index (χ2v) is 1.97. The Morgan fingerprint density at radius 2 is 1.82 bits per heavy atom. The molecule has 0 saturated heterocycles. The van der Waals surface area contributed by atoms with Crippen LogP contribution in [0.2, 0.25) is 0 Å². The summed E-state index contributed by atoms with van der Waals surface area (Å²) in [6.07, 6.45) is 1.12. The highest BCUT2D eigenvalue weighted by Gasteiger charge is 1.82. The fourth-order valence-corrected chi connectivity index (χ4v) is 0.568. The van der Waals surface area contributed by atoms with Gasteiger partial charge in [-0.15, -0.1) is 0 Å². The van der Waals surface area contributed by atoms with Gasteiger partial charge in [0.2, 0.25) is 0 Å². The van der Waals surface area contributed by atoms with Gasteiger partial charge in [0, 0.05) is 14.6 Å². The molecule has 11 heavy (non-hydrogen) atoms. The van der Waals surface area contributed by atoms with Gasteiger partial charge < -0.3 is 10.1 Å². The maximum absolute atomic E-state index is 5.22. The Balaban J connectivity index is -0.000000249. The minimum Gasteiger partial charge on any atom is -0.380 e. The smallest absolute Gasteiger partial charge is 0.0590 e. The van der Waals surface area contributed by atoms with E-state index in [1.54, 1.807) is 0 Å². The minimum absolute atomic E-state index is 0. The average molecular weight is 163 g/mol. The number of ether oxygens (including phenoxy) is 1. The van der Waals surface area contributed by atoms with E-state index in [2.05, 4.69) is 19.2 Å². The highest BCUT2D eigenvalue weighted by Crippen LogP contribution is 1.77. The lowest BCUT2D eigenvalue weighted by molar-refractivity contribution is 0.137. The summed E-state index contributed by atoms with van der Waals surface area (Å²) in [5.41, 5.74) is 0. The molecule has 0 radical (unpaired) electrons. The van der Waals surface area contributed by atoms with E-state index in [4.69, 9.17) is 4.74 Å². The van der Waals surface area contributed by atoms with Crippen LogP contribution in [0.1, 0.15) is 35.5 Å². The van der Waals surface area contributed by atoms with E-state index in [1.807, 2.05) is 13.8 Å². The molecule has 0 rings (SSSR count). The Labute approximate surface area is 72.8 Å². The van der Waals surface area contributed by atoms with E-state index >= 15 is 0 Å². The molecule has 0 bridgehead atoms. The van der Waals surface area contributed by atoms with Crippen molar-refractivity contribution in [1.29, 1.82) is 0 Å². The number of likely N-dealkylation sites (N-methyl/N-ethyl adjacent to an activating group) is 1. The molecule has 0 aliphatic heterocycles. The van der Waals surface area contributed by atoms with E-state index in [0.717, 1.165) is 32.7 Å². The van der Waals surface area contributed by atoms with Crippen LogP contribution in [-0.2, 0) is 4.74 Å². The maximum atomic E-state index is 5.22. The van der Waals surface area contributed by atoms with Crippen molar-refractivity contribution in [3.63, 3.8) is 0 Å². The van der Waals surface area contributed by atoms with Crippen molar-refractivity contribution < 1.29 is 6.16 Å². The van der Waals surface area contributed by atoms with Gasteiger partial charge in [0.25, 0.3) is 0 Å². The van der Waals surface area contributed by atoms with Crippen LogP contribution in [0.3, 0.4) is 0 Å². The molecular weight excluding hydrogens is 138 g/mol. The molecule has 0 fully saturated rings. The molecule has 0 aromatic carbocycles. The van der Waals surface area contributed by atoms with E-state index in [9.17, 15) is 0 Å². The molecule has 0 saturated carbocycles. The monoisotopic (exact) mass is 163 g/mol. The Morgan fingerprint density at radius 3 is 2.27 bits per heavy atom. The highest BCUT2D eigenvalue weighted by atomic mass is 16.5. The second kappa shape index (κ2) is 16.5. The molecule has 0 heterocycles. The summed E-state index contributed by atoms with van der Waals surface area (Å²) in [7, 11) is 0. The molecule has 0 unspecified atom stereocenters.